The number of rotatable bonds is 5. The highest BCUT2D eigenvalue weighted by molar-refractivity contribution is 7.71. The van der Waals surface area contributed by atoms with Gasteiger partial charge in [0.05, 0.1) is 21.0 Å². The molecule has 0 aliphatic heterocycles. The topological polar surface area (TPSA) is 86.5 Å². The number of carbonyl (C=O) groups excluding carboxylic acids is 1. The van der Waals surface area contributed by atoms with E-state index >= 15 is 0 Å². The van der Waals surface area contributed by atoms with E-state index in [0.717, 1.165) is 4.88 Å². The highest BCUT2D eigenvalue weighted by Crippen LogP contribution is 2.30. The average Bonchev–Trinajstić information content (AvgIpc) is 3.31. The van der Waals surface area contributed by atoms with Crippen molar-refractivity contribution in [2.24, 2.45) is 0 Å². The number of thiophene rings is 1. The van der Waals surface area contributed by atoms with Gasteiger partial charge in [-0.25, -0.2) is 0 Å². The van der Waals surface area contributed by atoms with Crippen molar-refractivity contribution in [3.63, 3.8) is 0 Å². The van der Waals surface area contributed by atoms with Gasteiger partial charge in [-0.1, -0.05) is 41.4 Å². The van der Waals surface area contributed by atoms with E-state index in [2.05, 4.69) is 15.5 Å². The first-order valence-corrected chi connectivity index (χ1v) is 9.83. The Morgan fingerprint density at radius 3 is 2.85 bits per heavy atom. The van der Waals surface area contributed by atoms with Crippen LogP contribution in [0.3, 0.4) is 0 Å². The third-order valence-electron chi connectivity index (χ3n) is 3.92. The number of nitriles is 1. The highest BCUT2D eigenvalue weighted by atomic mass is 35.5. The molecule has 6 nitrogen and oxygen atoms in total. The van der Waals surface area contributed by atoms with Crippen molar-refractivity contribution in [2.75, 3.05) is 0 Å². The molecule has 0 radical (unpaired) electrons. The fraction of sp³-hybridized carbons (Fsp3) is 0.176. The van der Waals surface area contributed by atoms with E-state index in [4.69, 9.17) is 35.4 Å². The number of H-pyrrole nitrogens is 1. The van der Waals surface area contributed by atoms with E-state index in [-0.39, 0.29) is 5.02 Å². The number of nitrogens with zero attached hydrogens (tertiary/aromatic N) is 3. The molecule has 2 heterocycles. The van der Waals surface area contributed by atoms with Crippen LogP contribution in [0.4, 0.5) is 0 Å². The number of carbonyl (C=O) groups is 1. The maximum absolute atomic E-state index is 12.8. The minimum absolute atomic E-state index is 0.234. The van der Waals surface area contributed by atoms with Crippen molar-refractivity contribution in [1.82, 2.24) is 20.1 Å². The van der Waals surface area contributed by atoms with Gasteiger partial charge >= 0.3 is 0 Å². The third-order valence-corrected chi connectivity index (χ3v) is 5.91. The number of halogens is 2. The van der Waals surface area contributed by atoms with Crippen molar-refractivity contribution in [1.29, 1.82) is 5.26 Å². The normalized spacial score (nSPS) is 13.0. The molecule has 0 saturated heterocycles. The van der Waals surface area contributed by atoms with Gasteiger partial charge in [0.1, 0.15) is 12.1 Å². The number of aromatic amines is 1. The Kier molecular flexibility index (Phi) is 5.97. The molecule has 27 heavy (non-hydrogen) atoms. The quantitative estimate of drug-likeness (QED) is 0.554. The lowest BCUT2D eigenvalue weighted by Gasteiger charge is -2.19. The maximum atomic E-state index is 12.8. The smallest absolute Gasteiger partial charge is 0.244 e. The lowest BCUT2D eigenvalue weighted by molar-refractivity contribution is -0.124. The van der Waals surface area contributed by atoms with Gasteiger partial charge in [0.2, 0.25) is 5.91 Å². The Bertz CT molecular complexity index is 1070. The van der Waals surface area contributed by atoms with E-state index in [1.54, 1.807) is 29.7 Å². The molecule has 0 aliphatic carbocycles. The van der Waals surface area contributed by atoms with Gasteiger partial charge < -0.3 is 5.32 Å². The van der Waals surface area contributed by atoms with Gasteiger partial charge in [-0.3, -0.25) is 14.5 Å². The summed E-state index contributed by atoms with van der Waals surface area (Å²) < 4.78 is 1.93. The molecule has 3 aromatic rings. The molecule has 0 saturated carbocycles. The molecular formula is C17H13Cl2N5OS2. The highest BCUT2D eigenvalue weighted by Gasteiger charge is 2.25. The van der Waals surface area contributed by atoms with Crippen LogP contribution in [0.2, 0.25) is 10.0 Å². The Morgan fingerprint density at radius 1 is 1.41 bits per heavy atom. The number of benzene rings is 1. The molecule has 2 atom stereocenters. The second-order valence-electron chi connectivity index (χ2n) is 5.59. The zero-order valence-corrected chi connectivity index (χ0v) is 17.1. The van der Waals surface area contributed by atoms with Gasteiger partial charge in [0, 0.05) is 5.56 Å². The molecule has 0 fully saturated rings. The van der Waals surface area contributed by atoms with E-state index in [9.17, 15) is 10.1 Å². The number of aromatic nitrogens is 3. The molecule has 0 aliphatic rings. The summed E-state index contributed by atoms with van der Waals surface area (Å²) in [4.78, 5) is 13.7. The predicted molar refractivity (Wildman–Crippen MR) is 108 cm³/mol. The summed E-state index contributed by atoms with van der Waals surface area (Å²) in [6, 6.07) is 9.11. The van der Waals surface area contributed by atoms with Gasteiger partial charge in [-0.2, -0.15) is 10.4 Å². The van der Waals surface area contributed by atoms with Crippen molar-refractivity contribution >= 4 is 52.7 Å². The fourth-order valence-corrected chi connectivity index (χ4v) is 3.96. The summed E-state index contributed by atoms with van der Waals surface area (Å²) in [5.41, 5.74) is 0.432. The minimum Gasteiger partial charge on any atom is -0.335 e. The lowest BCUT2D eigenvalue weighted by Crippen LogP contribution is -2.34. The standard InChI is InChI=1S/C17H13Cl2N5OS2/c1-9(24-15(22-23-17(24)26)13-6-3-7-27-13)16(25)21-12(8-20)10-4-2-5-11(18)14(10)19/h2-7,9,12H,1H3,(H,21,25)(H,23,26). The van der Waals surface area contributed by atoms with Crippen molar-refractivity contribution < 1.29 is 4.79 Å². The monoisotopic (exact) mass is 437 g/mol. The molecule has 10 heteroatoms. The minimum atomic E-state index is -0.947. The molecular weight excluding hydrogens is 425 g/mol. The molecule has 2 unspecified atom stereocenters. The molecule has 1 amide bonds. The summed E-state index contributed by atoms with van der Waals surface area (Å²) in [7, 11) is 0. The summed E-state index contributed by atoms with van der Waals surface area (Å²) >= 11 is 19.0. The van der Waals surface area contributed by atoms with E-state index in [0.29, 0.717) is 21.2 Å². The fourth-order valence-electron chi connectivity index (χ4n) is 2.55. The number of amides is 1. The second-order valence-corrected chi connectivity index (χ2v) is 7.71. The Labute approximate surface area is 174 Å². The molecule has 3 rings (SSSR count). The molecule has 2 N–H and O–H groups in total. The van der Waals surface area contributed by atoms with Crippen LogP contribution in [0, 0.1) is 16.1 Å². The third kappa shape index (κ3) is 3.92. The number of hydrogen-bond donors (Lipinski definition) is 2. The Balaban J connectivity index is 1.89. The van der Waals surface area contributed by atoms with Crippen LogP contribution in [0.25, 0.3) is 10.7 Å². The zero-order chi connectivity index (χ0) is 19.6. The molecule has 2 aromatic heterocycles. The molecule has 0 bridgehead atoms. The van der Waals surface area contributed by atoms with Gasteiger partial charge in [-0.15, -0.1) is 11.3 Å². The van der Waals surface area contributed by atoms with E-state index < -0.39 is 18.0 Å². The summed E-state index contributed by atoms with van der Waals surface area (Å²) in [5, 5.41) is 21.6. The average molecular weight is 438 g/mol. The van der Waals surface area contributed by atoms with Crippen LogP contribution in [0.5, 0.6) is 0 Å². The van der Waals surface area contributed by atoms with Crippen molar-refractivity contribution in [3.05, 3.63) is 56.1 Å². The van der Waals surface area contributed by atoms with Gasteiger partial charge in [0.25, 0.3) is 0 Å². The van der Waals surface area contributed by atoms with Crippen LogP contribution in [0.1, 0.15) is 24.6 Å². The van der Waals surface area contributed by atoms with Crippen LogP contribution >= 0.6 is 46.8 Å². The first-order valence-electron chi connectivity index (χ1n) is 7.78. The second kappa shape index (κ2) is 8.23. The van der Waals surface area contributed by atoms with Crippen LogP contribution < -0.4 is 5.32 Å². The van der Waals surface area contributed by atoms with Gasteiger partial charge in [0.15, 0.2) is 10.6 Å². The Hall–Kier alpha value is -2.18. The first-order chi connectivity index (χ1) is 12.9. The van der Waals surface area contributed by atoms with Crippen LogP contribution in [0.15, 0.2) is 35.7 Å². The van der Waals surface area contributed by atoms with Crippen LogP contribution in [-0.2, 0) is 4.79 Å². The number of nitrogens with one attached hydrogen (secondary N) is 2. The zero-order valence-electron chi connectivity index (χ0n) is 13.9. The summed E-state index contributed by atoms with van der Waals surface area (Å²) in [5.74, 6) is 0.167. The summed E-state index contributed by atoms with van der Waals surface area (Å²) in [6.07, 6.45) is 0. The molecule has 0 spiro atoms. The van der Waals surface area contributed by atoms with Crippen molar-refractivity contribution in [3.8, 4) is 16.8 Å². The maximum Gasteiger partial charge on any atom is 0.244 e. The largest absolute Gasteiger partial charge is 0.335 e. The SMILES string of the molecule is CC(C(=O)NC(C#N)c1cccc(Cl)c1Cl)n1c(-c2cccs2)n[nH]c1=S. The van der Waals surface area contributed by atoms with Crippen molar-refractivity contribution in [2.45, 2.75) is 19.0 Å². The molecule has 1 aromatic carbocycles. The van der Waals surface area contributed by atoms with Gasteiger partial charge in [-0.05, 0) is 36.7 Å². The summed E-state index contributed by atoms with van der Waals surface area (Å²) in [6.45, 7) is 1.69. The van der Waals surface area contributed by atoms with Crippen LogP contribution in [-0.4, -0.2) is 20.7 Å². The van der Waals surface area contributed by atoms with E-state index in [1.807, 2.05) is 23.6 Å². The first kappa shape index (κ1) is 19.6. The Morgan fingerprint density at radius 2 is 2.19 bits per heavy atom. The lowest BCUT2D eigenvalue weighted by atomic mass is 10.1. The predicted octanol–water partition coefficient (Wildman–Crippen LogP) is 4.92. The number of hydrogen-bond acceptors (Lipinski definition) is 5. The van der Waals surface area contributed by atoms with E-state index in [1.165, 1.54) is 11.3 Å². The molecule has 138 valence electrons.